The second-order valence-corrected chi connectivity index (χ2v) is 7.27. The molecule has 4 aliphatic heterocycles. The summed E-state index contributed by atoms with van der Waals surface area (Å²) in [5, 5.41) is 20.0. The van der Waals surface area contributed by atoms with Gasteiger partial charge in [-0.15, -0.1) is 0 Å². The van der Waals surface area contributed by atoms with Crippen molar-refractivity contribution in [3.63, 3.8) is 0 Å². The fraction of sp³-hybridized carbons (Fsp3) is 0.471. The van der Waals surface area contributed by atoms with Gasteiger partial charge in [0.2, 0.25) is 5.91 Å². The van der Waals surface area contributed by atoms with Gasteiger partial charge in [0.25, 0.3) is 5.91 Å². The Balaban J connectivity index is 0.000000266. The molecule has 0 aromatic rings. The molecule has 0 aliphatic carbocycles. The first-order chi connectivity index (χ1) is 16.0. The zero-order chi connectivity index (χ0) is 25.4. The van der Waals surface area contributed by atoms with Gasteiger partial charge < -0.3 is 30.6 Å². The van der Waals surface area contributed by atoms with E-state index in [1.807, 2.05) is 16.0 Å². The molecule has 2 unspecified atom stereocenters. The molecular formula is C17H19ClFKN6O9. The van der Waals surface area contributed by atoms with Crippen molar-refractivity contribution < 1.29 is 99.2 Å². The Kier molecular flexibility index (Phi) is 12.7. The van der Waals surface area contributed by atoms with Gasteiger partial charge in [-0.3, -0.25) is 29.9 Å². The van der Waals surface area contributed by atoms with Crippen LogP contribution in [0.1, 0.15) is 19.3 Å². The third-order valence-corrected chi connectivity index (χ3v) is 4.67. The number of aliphatic carboxylic acids is 1. The monoisotopic (exact) mass is 544 g/mol. The fourth-order valence-electron chi connectivity index (χ4n) is 2.75. The number of alkyl halides is 1. The van der Waals surface area contributed by atoms with E-state index in [2.05, 4.69) is 5.32 Å². The van der Waals surface area contributed by atoms with E-state index < -0.39 is 42.3 Å². The summed E-state index contributed by atoms with van der Waals surface area (Å²) in [6.45, 7) is 0.384. The number of imide groups is 2. The summed E-state index contributed by atoms with van der Waals surface area (Å²) in [5.74, 6) is -3.04. The van der Waals surface area contributed by atoms with E-state index in [9.17, 15) is 43.1 Å². The summed E-state index contributed by atoms with van der Waals surface area (Å²) in [7, 11) is 0. The van der Waals surface area contributed by atoms with Crippen molar-refractivity contribution in [3.05, 3.63) is 11.2 Å². The zero-order valence-corrected chi connectivity index (χ0v) is 22.1. The molecule has 0 radical (unpaired) electrons. The SMILES string of the molecule is O=C1CC(=O)C(Cl)=CN1.O=C1NC(=O)N(C2CCCO2)CC1F.O=C1NC(=O)NC(C(=O)[O-])N1.[K+]. The number of carbonyl (C=O) groups excluding carboxylic acids is 7. The normalized spacial score (nSPS) is 23.9. The van der Waals surface area contributed by atoms with Crippen molar-refractivity contribution in [3.8, 4) is 0 Å². The third-order valence-electron chi connectivity index (χ3n) is 4.35. The van der Waals surface area contributed by atoms with Crippen LogP contribution in [0.25, 0.3) is 0 Å². The maximum Gasteiger partial charge on any atom is 1.00 e. The Hall–Kier alpha value is -2.15. The number of carboxylic acids is 1. The molecule has 2 atom stereocenters. The summed E-state index contributed by atoms with van der Waals surface area (Å²) < 4.78 is 18.2. The predicted octanol–water partition coefficient (Wildman–Crippen LogP) is -5.74. The number of urea groups is 3. The van der Waals surface area contributed by atoms with Crippen LogP contribution in [0.15, 0.2) is 11.2 Å². The van der Waals surface area contributed by atoms with Gasteiger partial charge in [-0.2, -0.15) is 0 Å². The van der Waals surface area contributed by atoms with Gasteiger partial charge in [0, 0.05) is 12.8 Å². The number of nitrogens with one attached hydrogen (secondary N) is 5. The molecule has 186 valence electrons. The van der Waals surface area contributed by atoms with Crippen LogP contribution in [0.5, 0.6) is 0 Å². The minimum atomic E-state index is -1.64. The third kappa shape index (κ3) is 9.78. The first kappa shape index (κ1) is 30.9. The Morgan fingerprint density at radius 3 is 2.23 bits per heavy atom. The molecule has 3 fully saturated rings. The summed E-state index contributed by atoms with van der Waals surface area (Å²) in [5.41, 5.74) is 0. The molecule has 18 heteroatoms. The molecule has 4 aliphatic rings. The number of hydrogen-bond donors (Lipinski definition) is 5. The van der Waals surface area contributed by atoms with Gasteiger partial charge in [0.05, 0.1) is 18.9 Å². The number of nitrogens with zero attached hydrogens (tertiary/aromatic N) is 1. The van der Waals surface area contributed by atoms with E-state index in [1.165, 1.54) is 11.1 Å². The van der Waals surface area contributed by atoms with E-state index in [4.69, 9.17) is 16.3 Å². The maximum absolute atomic E-state index is 13.0. The number of ketones is 1. The first-order valence-corrected chi connectivity index (χ1v) is 10.00. The van der Waals surface area contributed by atoms with E-state index >= 15 is 0 Å². The second kappa shape index (κ2) is 14.4. The number of hydrogen-bond acceptors (Lipinski definition) is 9. The van der Waals surface area contributed by atoms with E-state index in [0.717, 1.165) is 6.42 Å². The fourth-order valence-corrected chi connectivity index (χ4v) is 2.87. The van der Waals surface area contributed by atoms with Gasteiger partial charge in [-0.1, -0.05) is 11.6 Å². The van der Waals surface area contributed by atoms with Crippen LogP contribution in [-0.2, 0) is 23.9 Å². The molecule has 15 nitrogen and oxygen atoms in total. The average Bonchev–Trinajstić information content (AvgIpc) is 3.28. The van der Waals surface area contributed by atoms with Crippen LogP contribution in [0.4, 0.5) is 18.8 Å². The Bertz CT molecular complexity index is 914. The Morgan fingerprint density at radius 1 is 1.11 bits per heavy atom. The number of allylic oxidation sites excluding steroid dienone is 1. The molecule has 0 saturated carbocycles. The van der Waals surface area contributed by atoms with Crippen molar-refractivity contribution >= 4 is 53.3 Å². The molecular weight excluding hydrogens is 526 g/mol. The summed E-state index contributed by atoms with van der Waals surface area (Å²) in [6.07, 6.45) is -0.826. The molecule has 0 aromatic carbocycles. The van der Waals surface area contributed by atoms with Crippen molar-refractivity contribution in [1.29, 1.82) is 0 Å². The molecule has 4 rings (SSSR count). The van der Waals surface area contributed by atoms with Crippen molar-refractivity contribution in [2.24, 2.45) is 0 Å². The number of ether oxygens (including phenoxy) is 1. The van der Waals surface area contributed by atoms with Crippen LogP contribution in [0.2, 0.25) is 0 Å². The van der Waals surface area contributed by atoms with E-state index in [1.54, 1.807) is 5.32 Å². The average molecular weight is 545 g/mol. The summed E-state index contributed by atoms with van der Waals surface area (Å²) in [4.78, 5) is 75.1. The largest absolute Gasteiger partial charge is 1.00 e. The second-order valence-electron chi connectivity index (χ2n) is 6.87. The Morgan fingerprint density at radius 2 is 1.74 bits per heavy atom. The van der Waals surface area contributed by atoms with Crippen molar-refractivity contribution in [1.82, 2.24) is 31.5 Å². The Labute approximate surface area is 244 Å². The van der Waals surface area contributed by atoms with Crippen LogP contribution in [-0.4, -0.2) is 78.3 Å². The minimum absolute atomic E-state index is 0. The maximum atomic E-state index is 13.0. The molecule has 5 N–H and O–H groups in total. The van der Waals surface area contributed by atoms with Gasteiger partial charge in [-0.05, 0) is 12.8 Å². The number of carbonyl (C=O) groups is 7. The van der Waals surface area contributed by atoms with Crippen LogP contribution >= 0.6 is 11.6 Å². The summed E-state index contributed by atoms with van der Waals surface area (Å²) in [6, 6.07) is -2.28. The van der Waals surface area contributed by atoms with Crippen molar-refractivity contribution in [2.45, 2.75) is 37.8 Å². The molecule has 0 spiro atoms. The molecule has 4 heterocycles. The predicted molar refractivity (Wildman–Crippen MR) is 105 cm³/mol. The molecule has 8 amide bonds. The summed E-state index contributed by atoms with van der Waals surface area (Å²) >= 11 is 5.33. The quantitative estimate of drug-likeness (QED) is 0.165. The number of halogens is 2. The van der Waals surface area contributed by atoms with Crippen molar-refractivity contribution in [2.75, 3.05) is 13.2 Å². The molecule has 0 aromatic heterocycles. The van der Waals surface area contributed by atoms with E-state index in [0.29, 0.717) is 13.0 Å². The zero-order valence-electron chi connectivity index (χ0n) is 18.2. The van der Waals surface area contributed by atoms with Gasteiger partial charge in [-0.25, -0.2) is 18.8 Å². The molecule has 35 heavy (non-hydrogen) atoms. The van der Waals surface area contributed by atoms with Crippen LogP contribution in [0, 0.1) is 0 Å². The van der Waals surface area contributed by atoms with Gasteiger partial charge in [0.1, 0.15) is 17.4 Å². The minimum Gasteiger partial charge on any atom is -0.546 e. The number of rotatable bonds is 2. The van der Waals surface area contributed by atoms with Gasteiger partial charge in [0.15, 0.2) is 12.0 Å². The topological polar surface area (TPSA) is 215 Å². The molecule has 0 bridgehead atoms. The number of amides is 8. The number of Topliss-reactive ketones (excluding diaryl/α,β-unsaturated/α-hetero) is 1. The first-order valence-electron chi connectivity index (χ1n) is 9.62. The smallest absolute Gasteiger partial charge is 0.546 e. The number of carboxylic acid groups (broad SMARTS) is 1. The van der Waals surface area contributed by atoms with E-state index in [-0.39, 0.29) is 87.3 Å². The van der Waals surface area contributed by atoms with Crippen LogP contribution in [0.3, 0.4) is 0 Å². The van der Waals surface area contributed by atoms with Gasteiger partial charge >= 0.3 is 69.5 Å². The standard InChI is InChI=1S/C8H11FN2O3.C5H4ClNO2.C4H5N3O4.K/c9-5-4-11(6-2-1-3-14-6)8(13)10-7(5)12;6-3-2-7-5(9)1-4(3)8;8-2(9)1-5-3(10)7-4(11)6-1;/h5-6H,1-4H2,(H,10,12,13);2H,1H2,(H,7,9);1H,(H,8,9)(H3,5,6,7,10,11);/q;;;+1/p-1. The molecule has 3 saturated heterocycles. The van der Waals surface area contributed by atoms with Crippen LogP contribution < -0.4 is 83.1 Å².